The SMILES string of the molecule is CC(C)CCCNC(=O)NCCC(=O)N1CCCC1. The van der Waals surface area contributed by atoms with E-state index in [1.807, 2.05) is 4.90 Å². The molecule has 0 aromatic rings. The maximum atomic E-state index is 11.7. The Bertz CT molecular complexity index is 286. The highest BCUT2D eigenvalue weighted by molar-refractivity contribution is 5.78. The highest BCUT2D eigenvalue weighted by Crippen LogP contribution is 2.08. The van der Waals surface area contributed by atoms with Crippen molar-refractivity contribution in [3.63, 3.8) is 0 Å². The molecule has 2 N–H and O–H groups in total. The smallest absolute Gasteiger partial charge is 0.314 e. The second-order valence-electron chi connectivity index (χ2n) is 5.56. The van der Waals surface area contributed by atoms with E-state index in [9.17, 15) is 9.59 Å². The monoisotopic (exact) mass is 269 g/mol. The molecule has 1 heterocycles. The predicted octanol–water partition coefficient (Wildman–Crippen LogP) is 1.73. The van der Waals surface area contributed by atoms with Gasteiger partial charge >= 0.3 is 6.03 Å². The second kappa shape index (κ2) is 8.77. The minimum Gasteiger partial charge on any atom is -0.343 e. The van der Waals surface area contributed by atoms with Gasteiger partial charge in [0.1, 0.15) is 0 Å². The third-order valence-corrected chi connectivity index (χ3v) is 3.33. The molecule has 0 unspecified atom stereocenters. The van der Waals surface area contributed by atoms with Crippen molar-refractivity contribution in [1.82, 2.24) is 15.5 Å². The summed E-state index contributed by atoms with van der Waals surface area (Å²) in [5, 5.41) is 5.53. The quantitative estimate of drug-likeness (QED) is 0.691. The van der Waals surface area contributed by atoms with Gasteiger partial charge in [-0.3, -0.25) is 4.79 Å². The predicted molar refractivity (Wildman–Crippen MR) is 75.9 cm³/mol. The lowest BCUT2D eigenvalue weighted by Crippen LogP contribution is -2.38. The first-order chi connectivity index (χ1) is 9.09. The molecule has 110 valence electrons. The largest absolute Gasteiger partial charge is 0.343 e. The van der Waals surface area contributed by atoms with Crippen LogP contribution >= 0.6 is 0 Å². The molecule has 0 aromatic heterocycles. The van der Waals surface area contributed by atoms with Crippen LogP contribution in [0.3, 0.4) is 0 Å². The van der Waals surface area contributed by atoms with Crippen LogP contribution in [0, 0.1) is 5.92 Å². The fourth-order valence-electron chi connectivity index (χ4n) is 2.18. The number of amides is 3. The Morgan fingerprint density at radius 3 is 2.37 bits per heavy atom. The number of carbonyl (C=O) groups is 2. The van der Waals surface area contributed by atoms with Gasteiger partial charge in [-0.2, -0.15) is 0 Å². The van der Waals surface area contributed by atoms with Crippen LogP contribution in [0.25, 0.3) is 0 Å². The van der Waals surface area contributed by atoms with Gasteiger partial charge in [0.05, 0.1) is 0 Å². The zero-order chi connectivity index (χ0) is 14.1. The van der Waals surface area contributed by atoms with Gasteiger partial charge in [-0.25, -0.2) is 4.79 Å². The Labute approximate surface area is 116 Å². The molecule has 0 saturated carbocycles. The summed E-state index contributed by atoms with van der Waals surface area (Å²) in [5.41, 5.74) is 0. The van der Waals surface area contributed by atoms with Crippen molar-refractivity contribution in [1.29, 1.82) is 0 Å². The van der Waals surface area contributed by atoms with Crippen LogP contribution in [0.4, 0.5) is 4.79 Å². The van der Waals surface area contributed by atoms with Crippen LogP contribution in [0.1, 0.15) is 46.0 Å². The van der Waals surface area contributed by atoms with E-state index in [0.29, 0.717) is 25.4 Å². The zero-order valence-electron chi connectivity index (χ0n) is 12.2. The molecule has 0 radical (unpaired) electrons. The molecule has 19 heavy (non-hydrogen) atoms. The number of hydrogen-bond donors (Lipinski definition) is 2. The van der Waals surface area contributed by atoms with Crippen molar-refractivity contribution in [3.05, 3.63) is 0 Å². The molecule has 5 heteroatoms. The maximum absolute atomic E-state index is 11.7. The number of nitrogens with zero attached hydrogens (tertiary/aromatic N) is 1. The molecule has 0 aromatic carbocycles. The van der Waals surface area contributed by atoms with Crippen LogP contribution in [-0.2, 0) is 4.79 Å². The summed E-state index contributed by atoms with van der Waals surface area (Å²) in [6.07, 6.45) is 4.73. The lowest BCUT2D eigenvalue weighted by molar-refractivity contribution is -0.129. The average molecular weight is 269 g/mol. The summed E-state index contributed by atoms with van der Waals surface area (Å²) in [7, 11) is 0. The van der Waals surface area contributed by atoms with Gasteiger partial charge in [-0.15, -0.1) is 0 Å². The number of rotatable bonds is 7. The molecule has 5 nitrogen and oxygen atoms in total. The van der Waals surface area contributed by atoms with Crippen LogP contribution in [0.5, 0.6) is 0 Å². The van der Waals surface area contributed by atoms with Crippen LogP contribution in [0.2, 0.25) is 0 Å². The summed E-state index contributed by atoms with van der Waals surface area (Å²) in [6, 6.07) is -0.169. The molecule has 1 fully saturated rings. The van der Waals surface area contributed by atoms with Crippen molar-refractivity contribution >= 4 is 11.9 Å². The van der Waals surface area contributed by atoms with E-state index in [1.54, 1.807) is 0 Å². The minimum absolute atomic E-state index is 0.151. The molecule has 0 aliphatic carbocycles. The highest BCUT2D eigenvalue weighted by atomic mass is 16.2. The average Bonchev–Trinajstić information content (AvgIpc) is 2.88. The molecular formula is C14H27N3O2. The minimum atomic E-state index is -0.169. The molecule has 1 aliphatic heterocycles. The number of hydrogen-bond acceptors (Lipinski definition) is 2. The summed E-state index contributed by atoms with van der Waals surface area (Å²) in [6.45, 7) is 7.21. The highest BCUT2D eigenvalue weighted by Gasteiger charge is 2.17. The van der Waals surface area contributed by atoms with Crippen molar-refractivity contribution in [2.75, 3.05) is 26.2 Å². The molecule has 0 atom stereocenters. The van der Waals surface area contributed by atoms with Gasteiger partial charge in [0.15, 0.2) is 0 Å². The Morgan fingerprint density at radius 2 is 1.74 bits per heavy atom. The Hall–Kier alpha value is -1.26. The van der Waals surface area contributed by atoms with Crippen LogP contribution < -0.4 is 10.6 Å². The van der Waals surface area contributed by atoms with Gasteiger partial charge < -0.3 is 15.5 Å². The van der Waals surface area contributed by atoms with E-state index >= 15 is 0 Å². The molecule has 1 aliphatic rings. The van der Waals surface area contributed by atoms with Crippen LogP contribution in [-0.4, -0.2) is 43.0 Å². The standard InChI is InChI=1S/C14H27N3O2/c1-12(2)6-5-8-15-14(19)16-9-7-13(18)17-10-3-4-11-17/h12H,3-11H2,1-2H3,(H2,15,16,19). The van der Waals surface area contributed by atoms with E-state index < -0.39 is 0 Å². The topological polar surface area (TPSA) is 61.4 Å². The van der Waals surface area contributed by atoms with Gasteiger partial charge in [-0.1, -0.05) is 13.8 Å². The van der Waals surface area contributed by atoms with Gasteiger partial charge in [0.25, 0.3) is 0 Å². The number of urea groups is 1. The Balaban J connectivity index is 1.99. The molecule has 0 bridgehead atoms. The Kier molecular flexibility index (Phi) is 7.30. The van der Waals surface area contributed by atoms with E-state index in [-0.39, 0.29) is 11.9 Å². The van der Waals surface area contributed by atoms with Crippen molar-refractivity contribution < 1.29 is 9.59 Å². The molecule has 1 rings (SSSR count). The molecular weight excluding hydrogens is 242 g/mol. The van der Waals surface area contributed by atoms with Gasteiger partial charge in [-0.05, 0) is 31.6 Å². The second-order valence-corrected chi connectivity index (χ2v) is 5.56. The Morgan fingerprint density at radius 1 is 1.11 bits per heavy atom. The normalized spacial score (nSPS) is 14.8. The third-order valence-electron chi connectivity index (χ3n) is 3.33. The van der Waals surface area contributed by atoms with Crippen molar-refractivity contribution in [2.45, 2.75) is 46.0 Å². The first-order valence-electron chi connectivity index (χ1n) is 7.39. The molecule has 1 saturated heterocycles. The number of carbonyl (C=O) groups excluding carboxylic acids is 2. The maximum Gasteiger partial charge on any atom is 0.314 e. The zero-order valence-corrected chi connectivity index (χ0v) is 12.2. The lowest BCUT2D eigenvalue weighted by Gasteiger charge is -2.15. The van der Waals surface area contributed by atoms with Crippen LogP contribution in [0.15, 0.2) is 0 Å². The third kappa shape index (κ3) is 7.03. The summed E-state index contributed by atoms with van der Waals surface area (Å²) in [4.78, 5) is 25.0. The molecule has 3 amide bonds. The summed E-state index contributed by atoms with van der Waals surface area (Å²) in [5.74, 6) is 0.820. The number of likely N-dealkylation sites (tertiary alicyclic amines) is 1. The van der Waals surface area contributed by atoms with E-state index in [1.165, 1.54) is 0 Å². The summed E-state index contributed by atoms with van der Waals surface area (Å²) < 4.78 is 0. The van der Waals surface area contributed by atoms with E-state index in [2.05, 4.69) is 24.5 Å². The van der Waals surface area contributed by atoms with Crippen molar-refractivity contribution in [2.24, 2.45) is 5.92 Å². The fourth-order valence-corrected chi connectivity index (χ4v) is 2.18. The fraction of sp³-hybridized carbons (Fsp3) is 0.857. The van der Waals surface area contributed by atoms with Gasteiger partial charge in [0.2, 0.25) is 5.91 Å². The van der Waals surface area contributed by atoms with Gasteiger partial charge in [0, 0.05) is 32.6 Å². The van der Waals surface area contributed by atoms with E-state index in [0.717, 1.165) is 38.8 Å². The molecule has 0 spiro atoms. The lowest BCUT2D eigenvalue weighted by atomic mass is 10.1. The first kappa shape index (κ1) is 15.8. The van der Waals surface area contributed by atoms with Crippen molar-refractivity contribution in [3.8, 4) is 0 Å². The van der Waals surface area contributed by atoms with E-state index in [4.69, 9.17) is 0 Å². The first-order valence-corrected chi connectivity index (χ1v) is 7.39. The summed E-state index contributed by atoms with van der Waals surface area (Å²) >= 11 is 0. The number of nitrogens with one attached hydrogen (secondary N) is 2.